The Morgan fingerprint density at radius 2 is 1.58 bits per heavy atom. The molecule has 0 heterocycles. The van der Waals surface area contributed by atoms with Crippen molar-refractivity contribution in [3.05, 3.63) is 82.4 Å². The van der Waals surface area contributed by atoms with Gasteiger partial charge in [-0.3, -0.25) is 0 Å². The topological polar surface area (TPSA) is 9.23 Å². The Kier molecular flexibility index (Phi) is 7.35. The molecule has 1 aliphatic rings. The monoisotopic (exact) mass is 454 g/mol. The molecule has 0 radical (unpaired) electrons. The maximum absolute atomic E-state index is 14.8. The Bertz CT molecular complexity index is 1180. The van der Waals surface area contributed by atoms with E-state index in [9.17, 15) is 17.6 Å². The van der Waals surface area contributed by atoms with Gasteiger partial charge in [0.1, 0.15) is 11.6 Å². The third-order valence-electron chi connectivity index (χ3n) is 6.58. The molecule has 172 valence electrons. The van der Waals surface area contributed by atoms with E-state index in [-0.39, 0.29) is 16.9 Å². The van der Waals surface area contributed by atoms with E-state index in [4.69, 9.17) is 4.74 Å². The first-order chi connectivity index (χ1) is 16.0. The van der Waals surface area contributed by atoms with E-state index in [0.717, 1.165) is 51.2 Å². The van der Waals surface area contributed by atoms with Crippen molar-refractivity contribution < 1.29 is 22.3 Å². The molecule has 4 rings (SSSR count). The van der Waals surface area contributed by atoms with Crippen molar-refractivity contribution >= 4 is 10.8 Å². The van der Waals surface area contributed by atoms with Gasteiger partial charge in [-0.25, -0.2) is 17.6 Å². The van der Waals surface area contributed by atoms with Crippen molar-refractivity contribution in [3.63, 3.8) is 0 Å². The molecule has 3 aromatic rings. The van der Waals surface area contributed by atoms with Gasteiger partial charge >= 0.3 is 0 Å². The lowest BCUT2D eigenvalue weighted by atomic mass is 9.77. The van der Waals surface area contributed by atoms with Gasteiger partial charge in [0, 0.05) is 24.7 Å². The van der Waals surface area contributed by atoms with E-state index in [1.807, 2.05) is 0 Å². The smallest absolute Gasteiger partial charge is 0.166 e. The number of fused-ring (bicyclic) bond motifs is 1. The Morgan fingerprint density at radius 1 is 0.848 bits per heavy atom. The molecule has 0 saturated heterocycles. The molecule has 5 heteroatoms. The van der Waals surface area contributed by atoms with E-state index in [2.05, 4.69) is 11.8 Å². The van der Waals surface area contributed by atoms with Crippen molar-refractivity contribution in [2.24, 2.45) is 5.92 Å². The van der Waals surface area contributed by atoms with Crippen LogP contribution in [0.15, 0.2) is 42.5 Å². The molecule has 0 bridgehead atoms. The zero-order chi connectivity index (χ0) is 23.4. The van der Waals surface area contributed by atoms with Gasteiger partial charge in [-0.2, -0.15) is 0 Å². The zero-order valence-corrected chi connectivity index (χ0v) is 18.6. The number of halogens is 4. The zero-order valence-electron chi connectivity index (χ0n) is 18.6. The number of benzene rings is 3. The fourth-order valence-electron chi connectivity index (χ4n) is 4.73. The predicted molar refractivity (Wildman–Crippen MR) is 122 cm³/mol. The van der Waals surface area contributed by atoms with Crippen LogP contribution in [0.3, 0.4) is 0 Å². The molecule has 1 nitrogen and oxygen atoms in total. The summed E-state index contributed by atoms with van der Waals surface area (Å²) in [5.41, 5.74) is 0.870. The molecule has 0 aromatic heterocycles. The summed E-state index contributed by atoms with van der Waals surface area (Å²) in [5.74, 6) is 2.93. The van der Waals surface area contributed by atoms with Crippen molar-refractivity contribution in [2.45, 2.75) is 44.4 Å². The van der Waals surface area contributed by atoms with E-state index in [0.29, 0.717) is 22.4 Å². The van der Waals surface area contributed by atoms with Gasteiger partial charge in [0.05, 0.1) is 5.56 Å². The van der Waals surface area contributed by atoms with Crippen LogP contribution in [0.4, 0.5) is 17.6 Å². The average molecular weight is 455 g/mol. The summed E-state index contributed by atoms with van der Waals surface area (Å²) < 4.78 is 61.8. The van der Waals surface area contributed by atoms with Gasteiger partial charge in [0.2, 0.25) is 0 Å². The molecule has 1 saturated carbocycles. The van der Waals surface area contributed by atoms with Crippen molar-refractivity contribution in [1.29, 1.82) is 0 Å². The third kappa shape index (κ3) is 5.39. The molecular weight excluding hydrogens is 428 g/mol. The minimum atomic E-state index is -0.927. The largest absolute Gasteiger partial charge is 0.385 e. The second-order valence-electron chi connectivity index (χ2n) is 8.76. The molecule has 0 unspecified atom stereocenters. The highest BCUT2D eigenvalue weighted by Gasteiger charge is 2.24. The van der Waals surface area contributed by atoms with Gasteiger partial charge in [-0.05, 0) is 91.6 Å². The summed E-state index contributed by atoms with van der Waals surface area (Å²) in [6.45, 7) is 0.771. The Hall–Kier alpha value is -2.84. The highest BCUT2D eigenvalue weighted by molar-refractivity contribution is 5.84. The first kappa shape index (κ1) is 23.3. The third-order valence-corrected chi connectivity index (χ3v) is 6.58. The molecule has 3 aromatic carbocycles. The summed E-state index contributed by atoms with van der Waals surface area (Å²) in [6.07, 6.45) is 6.16. The molecule has 0 spiro atoms. The first-order valence-electron chi connectivity index (χ1n) is 11.3. The van der Waals surface area contributed by atoms with Crippen LogP contribution in [-0.4, -0.2) is 13.7 Å². The summed E-state index contributed by atoms with van der Waals surface area (Å²) in [4.78, 5) is 0. The lowest BCUT2D eigenvalue weighted by Crippen LogP contribution is -2.14. The summed E-state index contributed by atoms with van der Waals surface area (Å²) in [5, 5.41) is 0.602. The number of methoxy groups -OCH3 is 1. The highest BCUT2D eigenvalue weighted by atomic mass is 19.2. The Morgan fingerprint density at radius 3 is 2.27 bits per heavy atom. The second-order valence-corrected chi connectivity index (χ2v) is 8.76. The van der Waals surface area contributed by atoms with E-state index < -0.39 is 23.3 Å². The second kappa shape index (κ2) is 10.4. The van der Waals surface area contributed by atoms with E-state index in [1.165, 1.54) is 30.3 Å². The minimum Gasteiger partial charge on any atom is -0.385 e. The Balaban J connectivity index is 1.48. The SMILES string of the molecule is COCCCC1CCC(c2cc(F)c(C#Cc3ccc4c(F)c(F)ccc4c3)c(F)c2)CC1. The molecule has 1 aliphatic carbocycles. The van der Waals surface area contributed by atoms with Crippen molar-refractivity contribution in [1.82, 2.24) is 0 Å². The first-order valence-corrected chi connectivity index (χ1v) is 11.3. The number of hydrogen-bond donors (Lipinski definition) is 0. The van der Waals surface area contributed by atoms with Gasteiger partial charge < -0.3 is 4.74 Å². The lowest BCUT2D eigenvalue weighted by molar-refractivity contribution is 0.180. The average Bonchev–Trinajstić information content (AvgIpc) is 2.81. The standard InChI is InChI=1S/C28H26F4O/c1-33-14-2-3-18-4-8-20(9-5-18)22-16-26(30)24(27(31)17-22)12-7-19-6-11-23-21(15-19)10-13-25(29)28(23)32/h6,10-11,13,15-18,20H,2-5,8-9,14H2,1H3. The molecule has 0 amide bonds. The molecule has 0 N–H and O–H groups in total. The Labute approximate surface area is 191 Å². The maximum Gasteiger partial charge on any atom is 0.166 e. The van der Waals surface area contributed by atoms with Crippen LogP contribution >= 0.6 is 0 Å². The van der Waals surface area contributed by atoms with Crippen molar-refractivity contribution in [2.75, 3.05) is 13.7 Å². The van der Waals surface area contributed by atoms with Crippen LogP contribution in [-0.2, 0) is 4.74 Å². The molecule has 1 fully saturated rings. The minimum absolute atomic E-state index is 0.135. The lowest BCUT2D eigenvalue weighted by Gasteiger charge is -2.29. The van der Waals surface area contributed by atoms with Gasteiger partial charge in [0.15, 0.2) is 11.6 Å². The quantitative estimate of drug-likeness (QED) is 0.220. The summed E-state index contributed by atoms with van der Waals surface area (Å²) in [7, 11) is 1.71. The van der Waals surface area contributed by atoms with Gasteiger partial charge in [-0.15, -0.1) is 0 Å². The number of hydrogen-bond acceptors (Lipinski definition) is 1. The predicted octanol–water partition coefficient (Wildman–Crippen LogP) is 7.50. The van der Waals surface area contributed by atoms with Crippen LogP contribution in [0.2, 0.25) is 0 Å². The van der Waals surface area contributed by atoms with Crippen LogP contribution in [0.25, 0.3) is 10.8 Å². The number of rotatable bonds is 5. The number of ether oxygens (including phenoxy) is 1. The highest BCUT2D eigenvalue weighted by Crippen LogP contribution is 2.38. The van der Waals surface area contributed by atoms with Crippen LogP contribution in [0, 0.1) is 41.0 Å². The van der Waals surface area contributed by atoms with Crippen LogP contribution in [0.1, 0.15) is 61.1 Å². The molecule has 0 aliphatic heterocycles. The van der Waals surface area contributed by atoms with Crippen molar-refractivity contribution in [3.8, 4) is 11.8 Å². The van der Waals surface area contributed by atoms with E-state index >= 15 is 0 Å². The summed E-state index contributed by atoms with van der Waals surface area (Å²) >= 11 is 0. The van der Waals surface area contributed by atoms with Gasteiger partial charge in [0.25, 0.3) is 0 Å². The van der Waals surface area contributed by atoms with Gasteiger partial charge in [-0.1, -0.05) is 24.0 Å². The molecule has 0 atom stereocenters. The van der Waals surface area contributed by atoms with E-state index in [1.54, 1.807) is 13.2 Å². The fourth-order valence-corrected chi connectivity index (χ4v) is 4.73. The maximum atomic E-state index is 14.8. The fraction of sp³-hybridized carbons (Fsp3) is 0.357. The van der Waals surface area contributed by atoms with Crippen LogP contribution in [0.5, 0.6) is 0 Å². The molecule has 33 heavy (non-hydrogen) atoms. The van der Waals surface area contributed by atoms with Crippen LogP contribution < -0.4 is 0 Å². The normalized spacial score (nSPS) is 18.2. The molecular formula is C28H26F4O. The summed E-state index contributed by atoms with van der Waals surface area (Å²) in [6, 6.07) is 9.79.